The summed E-state index contributed by atoms with van der Waals surface area (Å²) in [5, 5.41) is 41.9. The van der Waals surface area contributed by atoms with Gasteiger partial charge in [-0.3, -0.25) is 9.59 Å². The Balaban J connectivity index is 0.000000425. The number of halogens is 1. The molecule has 1 aliphatic rings. The van der Waals surface area contributed by atoms with Gasteiger partial charge in [0.1, 0.15) is 25.1 Å². The number of carbonyl (C=O) groups is 2. The minimum Gasteiger partial charge on any atom is -0.490 e. The largest absolute Gasteiger partial charge is 0.490 e. The number of carboxylic acid groups (broad SMARTS) is 2. The Labute approximate surface area is 323 Å². The Bertz CT molecular complexity index is 1930. The molecule has 2 atom stereocenters. The molecule has 5 N–H and O–H groups in total. The first-order valence-corrected chi connectivity index (χ1v) is 18.5. The second-order valence-electron chi connectivity index (χ2n) is 10.3. The summed E-state index contributed by atoms with van der Waals surface area (Å²) in [6.07, 6.45) is -1.47. The molecule has 1 heterocycles. The number of aliphatic carboxylic acids is 2. The van der Waals surface area contributed by atoms with E-state index in [1.165, 1.54) is 42.5 Å². The van der Waals surface area contributed by atoms with E-state index in [9.17, 15) is 21.9 Å². The summed E-state index contributed by atoms with van der Waals surface area (Å²) in [5.74, 6) is -0.469. The number of aliphatic hydroxyl groups is 3. The number of hydrogen-bond acceptors (Lipinski definition) is 12. The predicted molar refractivity (Wildman–Crippen MR) is 187 cm³/mol. The first kappa shape index (κ1) is 46.2. The van der Waals surface area contributed by atoms with Gasteiger partial charge < -0.3 is 39.7 Å². The van der Waals surface area contributed by atoms with E-state index in [0.717, 1.165) is 13.8 Å². The van der Waals surface area contributed by atoms with Crippen molar-refractivity contribution in [2.24, 2.45) is 0 Å². The van der Waals surface area contributed by atoms with Gasteiger partial charge in [-0.25, -0.2) is 16.8 Å². The summed E-state index contributed by atoms with van der Waals surface area (Å²) in [6, 6.07) is 25.2. The van der Waals surface area contributed by atoms with Crippen molar-refractivity contribution >= 4 is 47.5 Å². The quantitative estimate of drug-likeness (QED) is 0.150. The molecule has 0 radical (unpaired) electrons. The Morgan fingerprint density at radius 2 is 1.23 bits per heavy atom. The molecular weight excluding hydrogens is 883 g/mol. The summed E-state index contributed by atoms with van der Waals surface area (Å²) in [4.78, 5) is 18.7. The van der Waals surface area contributed by atoms with Gasteiger partial charge in [-0.15, -0.1) is 0 Å². The van der Waals surface area contributed by atoms with Crippen molar-refractivity contribution in [2.75, 3.05) is 26.4 Å². The fraction of sp³-hybridized carbons (Fsp3) is 0.235. The van der Waals surface area contributed by atoms with E-state index in [2.05, 4.69) is 15.9 Å². The van der Waals surface area contributed by atoms with E-state index < -0.39 is 50.4 Å². The van der Waals surface area contributed by atoms with Crippen LogP contribution in [0.3, 0.4) is 0 Å². The van der Waals surface area contributed by atoms with Gasteiger partial charge in [-0.2, -0.15) is 0 Å². The zero-order valence-corrected chi connectivity index (χ0v) is 32.4. The van der Waals surface area contributed by atoms with Crippen LogP contribution in [0.2, 0.25) is 0 Å². The van der Waals surface area contributed by atoms with Crippen LogP contribution in [0.5, 0.6) is 17.2 Å². The monoisotopic (exact) mass is 918 g/mol. The fourth-order valence-electron chi connectivity index (χ4n) is 3.83. The van der Waals surface area contributed by atoms with Crippen molar-refractivity contribution in [3.63, 3.8) is 0 Å². The topological polar surface area (TPSA) is 231 Å². The van der Waals surface area contributed by atoms with E-state index >= 15 is 0 Å². The summed E-state index contributed by atoms with van der Waals surface area (Å²) < 4.78 is 66.7. The van der Waals surface area contributed by atoms with Crippen LogP contribution in [0.15, 0.2) is 121 Å². The second-order valence-corrected chi connectivity index (χ2v) is 15.0. The Morgan fingerprint density at radius 3 is 1.67 bits per heavy atom. The van der Waals surface area contributed by atoms with Crippen LogP contribution in [0, 0.1) is 0 Å². The van der Waals surface area contributed by atoms with Crippen LogP contribution in [-0.2, 0) is 49.7 Å². The maximum absolute atomic E-state index is 12.5. The van der Waals surface area contributed by atoms with Crippen molar-refractivity contribution in [3.8, 4) is 17.2 Å². The molecule has 0 aliphatic carbocycles. The third-order valence-corrected chi connectivity index (χ3v) is 10.3. The number of hydrogen-bond donors (Lipinski definition) is 5. The second kappa shape index (κ2) is 22.3. The molecule has 0 amide bonds. The molecule has 4 aromatic carbocycles. The van der Waals surface area contributed by atoms with E-state index in [0.29, 0.717) is 21.7 Å². The number of rotatable bonds is 9. The Hall–Kier alpha value is -3.86. The van der Waals surface area contributed by atoms with Gasteiger partial charge in [0.25, 0.3) is 11.9 Å². The minimum atomic E-state index is -3.59. The van der Waals surface area contributed by atoms with Gasteiger partial charge in [-0.05, 0) is 70.5 Å². The average molecular weight is 920 g/mol. The third kappa shape index (κ3) is 14.6. The molecule has 0 spiro atoms. The maximum Gasteiger partial charge on any atom is 0.300 e. The molecule has 4 aromatic rings. The molecule has 1 unspecified atom stereocenters. The van der Waals surface area contributed by atoms with E-state index in [1.807, 2.05) is 0 Å². The number of benzene rings is 4. The van der Waals surface area contributed by atoms with Gasteiger partial charge in [0.2, 0.25) is 19.7 Å². The molecule has 52 heavy (non-hydrogen) atoms. The van der Waals surface area contributed by atoms with E-state index in [-0.39, 0.29) is 59.8 Å². The average Bonchev–Trinajstić information content (AvgIpc) is 3.11. The normalized spacial score (nSPS) is 13.5. The fourth-order valence-corrected chi connectivity index (χ4v) is 7.08. The predicted octanol–water partition coefficient (Wildman–Crippen LogP) is 3.84. The Morgan fingerprint density at radius 1 is 0.769 bits per heavy atom. The first-order chi connectivity index (χ1) is 24.0. The molecule has 0 saturated heterocycles. The van der Waals surface area contributed by atoms with E-state index in [1.54, 1.807) is 54.6 Å². The molecule has 0 fully saturated rings. The molecule has 18 heteroatoms. The van der Waals surface area contributed by atoms with Crippen LogP contribution >= 0.6 is 15.9 Å². The van der Waals surface area contributed by atoms with Gasteiger partial charge in [0.05, 0.1) is 37.3 Å². The maximum atomic E-state index is 12.5. The third-order valence-electron chi connectivity index (χ3n) is 6.11. The summed E-state index contributed by atoms with van der Waals surface area (Å²) >= 11 is 3.25. The molecule has 0 bridgehead atoms. The van der Waals surface area contributed by atoms with Crippen molar-refractivity contribution < 1.29 is 86.6 Å². The smallest absolute Gasteiger partial charge is 0.300 e. The van der Waals surface area contributed by atoms with Gasteiger partial charge in [-0.1, -0.05) is 36.4 Å². The molecule has 286 valence electrons. The van der Waals surface area contributed by atoms with Crippen molar-refractivity contribution in [2.45, 2.75) is 45.6 Å². The van der Waals surface area contributed by atoms with Crippen LogP contribution < -0.4 is 14.2 Å². The minimum absolute atomic E-state index is 0. The Kier molecular flexibility index (Phi) is 19.8. The number of sulfone groups is 2. The number of ether oxygens (including phenoxy) is 3. The summed E-state index contributed by atoms with van der Waals surface area (Å²) in [6.45, 7) is 1.74. The van der Waals surface area contributed by atoms with Gasteiger partial charge in [0, 0.05) is 40.3 Å². The molecule has 14 nitrogen and oxygen atoms in total. The van der Waals surface area contributed by atoms with E-state index in [4.69, 9.17) is 44.2 Å². The molecule has 5 rings (SSSR count). The molecule has 0 aromatic heterocycles. The number of carboxylic acids is 2. The van der Waals surface area contributed by atoms with Gasteiger partial charge >= 0.3 is 0 Å². The summed E-state index contributed by atoms with van der Waals surface area (Å²) in [5.41, 5.74) is 0. The first-order valence-electron chi connectivity index (χ1n) is 14.8. The molecule has 0 saturated carbocycles. The molecule has 1 aliphatic heterocycles. The number of fused-ring (bicyclic) bond motifs is 1. The SMILES string of the molecule is CC(=O)O.CC(=O)O.O=S(=O)(c1ccccc1)c1ccc(OCC(O)CO)c(Br)c1.O=S(=O)(c1ccccc1)c1ccc2c(c1)O[C@H](CO)CO2.[Pd]. The van der Waals surface area contributed by atoms with Gasteiger partial charge in [0.15, 0.2) is 17.6 Å². The van der Waals surface area contributed by atoms with Crippen molar-refractivity contribution in [1.82, 2.24) is 0 Å². The van der Waals surface area contributed by atoms with Crippen LogP contribution in [-0.4, -0.2) is 92.9 Å². The summed E-state index contributed by atoms with van der Waals surface area (Å²) in [7, 11) is -7.18. The zero-order valence-electron chi connectivity index (χ0n) is 27.6. The van der Waals surface area contributed by atoms with Crippen LogP contribution in [0.4, 0.5) is 0 Å². The van der Waals surface area contributed by atoms with Crippen molar-refractivity contribution in [3.05, 3.63) is 102 Å². The number of aliphatic hydroxyl groups excluding tert-OH is 3. The van der Waals surface area contributed by atoms with Crippen LogP contribution in [0.1, 0.15) is 13.8 Å². The standard InChI is InChI=1S/C15H15BrO5S.C15H14O5S.2C2H4O2.Pd/c16-14-8-13(6-7-15(14)21-10-11(18)9-17)22(19,20)12-4-2-1-3-5-12;16-9-11-10-19-14-7-6-13(8-15(14)20-11)21(17,18)12-4-2-1-3-5-12;2*1-2(3)4;/h1-8,11,17-18H,9-10H2;1-8,11,16H,9-10H2;2*1H3,(H,3,4);/t;11-;;;/m.1.../s1. The van der Waals surface area contributed by atoms with Crippen molar-refractivity contribution in [1.29, 1.82) is 0 Å². The zero-order chi connectivity index (χ0) is 38.2. The van der Waals surface area contributed by atoms with Crippen LogP contribution in [0.25, 0.3) is 0 Å². The molecular formula is C34H37BrO14PdS2.